The summed E-state index contributed by atoms with van der Waals surface area (Å²) in [4.78, 5) is 60.6. The van der Waals surface area contributed by atoms with Crippen molar-refractivity contribution in [2.75, 3.05) is 13.2 Å². The first-order valence-electron chi connectivity index (χ1n) is 7.32. The van der Waals surface area contributed by atoms with Gasteiger partial charge in [0.05, 0.1) is 23.9 Å². The van der Waals surface area contributed by atoms with Gasteiger partial charge >= 0.3 is 11.6 Å². The molecule has 0 radical (unpaired) electrons. The second-order valence-corrected chi connectivity index (χ2v) is 5.10. The monoisotopic (exact) mass is 344 g/mol. The summed E-state index contributed by atoms with van der Waals surface area (Å²) in [6.07, 6.45) is 0.876. The normalized spacial score (nSPS) is 13.1. The van der Waals surface area contributed by atoms with Crippen molar-refractivity contribution in [3.63, 3.8) is 0 Å². The Balaban J connectivity index is 1.81. The Morgan fingerprint density at radius 3 is 2.24 bits per heavy atom. The van der Waals surface area contributed by atoms with Crippen LogP contribution in [-0.2, 0) is 4.74 Å². The summed E-state index contributed by atoms with van der Waals surface area (Å²) >= 11 is 0. The van der Waals surface area contributed by atoms with E-state index in [-0.39, 0.29) is 17.7 Å². The Labute approximate surface area is 140 Å². The van der Waals surface area contributed by atoms with Crippen molar-refractivity contribution in [2.45, 2.75) is 6.92 Å². The number of hydrogen-bond donors (Lipinski definition) is 0. The zero-order valence-corrected chi connectivity index (χ0v) is 13.1. The van der Waals surface area contributed by atoms with Gasteiger partial charge in [0.1, 0.15) is 6.54 Å². The van der Waals surface area contributed by atoms with Gasteiger partial charge in [-0.2, -0.15) is 0 Å². The number of fused-ring (bicyclic) bond motifs is 1. The number of ether oxygens (including phenoxy) is 1. The third kappa shape index (κ3) is 2.75. The van der Waals surface area contributed by atoms with Crippen molar-refractivity contribution in [2.24, 2.45) is 0 Å². The van der Waals surface area contributed by atoms with E-state index >= 15 is 0 Å². The van der Waals surface area contributed by atoms with E-state index < -0.39 is 41.4 Å². The highest BCUT2D eigenvalue weighted by molar-refractivity contribution is 6.22. The molecule has 1 aliphatic rings. The maximum atomic E-state index is 12.2. The summed E-state index contributed by atoms with van der Waals surface area (Å²) in [7, 11) is 0. The third-order valence-corrected chi connectivity index (χ3v) is 3.56. The van der Waals surface area contributed by atoms with E-state index in [1.165, 1.54) is 12.1 Å². The predicted octanol–water partition coefficient (Wildman–Crippen LogP) is 0.554. The van der Waals surface area contributed by atoms with Crippen LogP contribution >= 0.6 is 0 Å². The van der Waals surface area contributed by atoms with E-state index in [0.717, 1.165) is 11.1 Å². The molecule has 1 aromatic carbocycles. The number of esters is 1. The van der Waals surface area contributed by atoms with Crippen LogP contribution in [0.15, 0.2) is 39.8 Å². The Morgan fingerprint density at radius 2 is 1.68 bits per heavy atom. The van der Waals surface area contributed by atoms with Gasteiger partial charge in [0, 0.05) is 0 Å². The smallest absolute Gasteiger partial charge is 0.372 e. The van der Waals surface area contributed by atoms with Crippen LogP contribution in [0.25, 0.3) is 0 Å². The third-order valence-electron chi connectivity index (χ3n) is 3.56. The first-order chi connectivity index (χ1) is 11.9. The lowest BCUT2D eigenvalue weighted by Crippen LogP contribution is -2.36. The molecule has 128 valence electrons. The summed E-state index contributed by atoms with van der Waals surface area (Å²) in [6.45, 7) is 0.975. The fourth-order valence-electron chi connectivity index (χ4n) is 2.39. The van der Waals surface area contributed by atoms with Crippen LogP contribution in [0.3, 0.4) is 0 Å². The van der Waals surface area contributed by atoms with Gasteiger partial charge in [-0.25, -0.2) is 9.59 Å². The molecule has 0 spiro atoms. The molecule has 0 N–H and O–H groups in total. The van der Waals surface area contributed by atoms with Crippen LogP contribution in [0.1, 0.15) is 42.8 Å². The average Bonchev–Trinajstić information content (AvgIpc) is 3.10. The van der Waals surface area contributed by atoms with Crippen molar-refractivity contribution >= 4 is 23.7 Å². The molecule has 0 fully saturated rings. The second-order valence-electron chi connectivity index (χ2n) is 5.10. The maximum absolute atomic E-state index is 12.2. The summed E-state index contributed by atoms with van der Waals surface area (Å²) in [5.41, 5.74) is -1.10. The zero-order chi connectivity index (χ0) is 18.1. The van der Waals surface area contributed by atoms with Crippen molar-refractivity contribution in [1.82, 2.24) is 9.64 Å². The van der Waals surface area contributed by atoms with E-state index in [4.69, 9.17) is 0 Å². The number of rotatable bonds is 4. The minimum Gasteiger partial charge on any atom is -0.462 e. The van der Waals surface area contributed by atoms with Gasteiger partial charge in [0.25, 0.3) is 17.7 Å². The Morgan fingerprint density at radius 1 is 1.08 bits per heavy atom. The molecule has 0 unspecified atom stereocenters. The van der Waals surface area contributed by atoms with Crippen LogP contribution in [0, 0.1) is 0 Å². The summed E-state index contributed by atoms with van der Waals surface area (Å²) < 4.78 is 9.84. The molecule has 1 aromatic heterocycles. The topological polar surface area (TPSA) is 116 Å². The predicted molar refractivity (Wildman–Crippen MR) is 81.4 cm³/mol. The molecule has 0 saturated heterocycles. The van der Waals surface area contributed by atoms with Crippen LogP contribution in [-0.4, -0.2) is 46.5 Å². The highest BCUT2D eigenvalue weighted by atomic mass is 16.5. The molecule has 2 amide bonds. The number of carbonyl (C=O) groups excluding carboxylic acids is 4. The molecule has 2 heterocycles. The molecule has 1 aliphatic heterocycles. The van der Waals surface area contributed by atoms with Crippen molar-refractivity contribution in [3.8, 4) is 0 Å². The van der Waals surface area contributed by atoms with Crippen molar-refractivity contribution < 1.29 is 28.4 Å². The van der Waals surface area contributed by atoms with Gasteiger partial charge < -0.3 is 9.26 Å². The van der Waals surface area contributed by atoms with Crippen LogP contribution < -0.4 is 5.63 Å². The van der Waals surface area contributed by atoms with Gasteiger partial charge in [-0.05, 0) is 19.1 Å². The first-order valence-corrected chi connectivity index (χ1v) is 7.32. The Bertz CT molecular complexity index is 918. The standard InChI is InChI=1S/C16H12N2O7/c1-2-24-15(22)11-7-18(25-16(11)23)12(19)8-17-13(20)9-5-3-4-6-10(9)14(17)21/h3-7H,2,8H2,1H3. The van der Waals surface area contributed by atoms with Crippen LogP contribution in [0.2, 0.25) is 0 Å². The number of benzene rings is 1. The number of aromatic nitrogens is 1. The number of carbonyl (C=O) groups is 4. The average molecular weight is 344 g/mol. The molecular formula is C16H12N2O7. The summed E-state index contributed by atoms with van der Waals surface area (Å²) in [5, 5.41) is 0. The number of amides is 2. The molecular weight excluding hydrogens is 332 g/mol. The quantitative estimate of drug-likeness (QED) is 0.587. The lowest BCUT2D eigenvalue weighted by atomic mass is 10.1. The molecule has 0 atom stereocenters. The Hall–Kier alpha value is -3.49. The van der Waals surface area contributed by atoms with Crippen LogP contribution in [0.5, 0.6) is 0 Å². The van der Waals surface area contributed by atoms with Gasteiger partial charge in [-0.15, -0.1) is 4.74 Å². The number of nitrogens with zero attached hydrogens (tertiary/aromatic N) is 2. The fraction of sp³-hybridized carbons (Fsp3) is 0.188. The van der Waals surface area contributed by atoms with Crippen LogP contribution in [0.4, 0.5) is 0 Å². The highest BCUT2D eigenvalue weighted by Gasteiger charge is 2.37. The SMILES string of the molecule is CCOC(=O)c1cn(C(=O)CN2C(=O)c3ccccc3C2=O)oc1=O. The zero-order valence-electron chi connectivity index (χ0n) is 13.1. The molecule has 0 saturated carbocycles. The molecule has 25 heavy (non-hydrogen) atoms. The lowest BCUT2D eigenvalue weighted by molar-refractivity contribution is 0.0522. The van der Waals surface area contributed by atoms with Gasteiger partial charge in [-0.3, -0.25) is 19.3 Å². The Kier molecular flexibility index (Phi) is 4.05. The van der Waals surface area contributed by atoms with E-state index in [0.29, 0.717) is 4.74 Å². The molecule has 9 heteroatoms. The van der Waals surface area contributed by atoms with Crippen molar-refractivity contribution in [1.29, 1.82) is 0 Å². The molecule has 0 aliphatic carbocycles. The fourth-order valence-corrected chi connectivity index (χ4v) is 2.39. The summed E-state index contributed by atoms with van der Waals surface area (Å²) in [5.74, 6) is -3.02. The minimum atomic E-state index is -1.05. The van der Waals surface area contributed by atoms with E-state index in [9.17, 15) is 24.0 Å². The molecule has 9 nitrogen and oxygen atoms in total. The molecule has 2 aromatic rings. The van der Waals surface area contributed by atoms with E-state index in [1.54, 1.807) is 19.1 Å². The van der Waals surface area contributed by atoms with E-state index in [1.807, 2.05) is 0 Å². The number of hydrogen-bond acceptors (Lipinski definition) is 7. The van der Waals surface area contributed by atoms with Gasteiger partial charge in [0.2, 0.25) is 0 Å². The summed E-state index contributed by atoms with van der Waals surface area (Å²) in [6, 6.07) is 6.17. The largest absolute Gasteiger partial charge is 0.462 e. The molecule has 3 rings (SSSR count). The van der Waals surface area contributed by atoms with E-state index in [2.05, 4.69) is 9.26 Å². The maximum Gasteiger partial charge on any atom is 0.372 e. The lowest BCUT2D eigenvalue weighted by Gasteiger charge is -2.11. The number of imide groups is 1. The molecule has 0 bridgehead atoms. The second kappa shape index (κ2) is 6.19. The highest BCUT2D eigenvalue weighted by Crippen LogP contribution is 2.22. The minimum absolute atomic E-state index is 0.0481. The van der Waals surface area contributed by atoms with Crippen molar-refractivity contribution in [3.05, 3.63) is 57.6 Å². The van der Waals surface area contributed by atoms with Gasteiger partial charge in [0.15, 0.2) is 5.56 Å². The first kappa shape index (κ1) is 16.4. The van der Waals surface area contributed by atoms with Gasteiger partial charge in [-0.1, -0.05) is 12.1 Å².